The number of thiazole rings is 1. The first-order chi connectivity index (χ1) is 14.3. The zero-order valence-electron chi connectivity index (χ0n) is 16.6. The monoisotopic (exact) mass is 462 g/mol. The molecule has 0 aliphatic carbocycles. The van der Waals surface area contributed by atoms with Crippen LogP contribution < -0.4 is 5.32 Å². The van der Waals surface area contributed by atoms with Crippen LogP contribution in [0.5, 0.6) is 0 Å². The highest BCUT2D eigenvalue weighted by molar-refractivity contribution is 7.99. The Morgan fingerprint density at radius 3 is 2.67 bits per heavy atom. The molecule has 158 valence electrons. The second kappa shape index (κ2) is 8.54. The molecule has 1 aliphatic heterocycles. The first-order valence-electron chi connectivity index (χ1n) is 9.45. The summed E-state index contributed by atoms with van der Waals surface area (Å²) in [6, 6.07) is 7.50. The van der Waals surface area contributed by atoms with Gasteiger partial charge >= 0.3 is 0 Å². The highest BCUT2D eigenvalue weighted by Crippen LogP contribution is 2.27. The van der Waals surface area contributed by atoms with E-state index in [1.54, 1.807) is 11.8 Å². The van der Waals surface area contributed by atoms with E-state index in [4.69, 9.17) is 0 Å². The first kappa shape index (κ1) is 21.1. The number of aromatic amines is 1. The summed E-state index contributed by atoms with van der Waals surface area (Å²) in [5, 5.41) is 5.09. The van der Waals surface area contributed by atoms with Crippen LogP contribution in [0.4, 0.5) is 5.13 Å². The first-order valence-corrected chi connectivity index (χ1v) is 12.9. The van der Waals surface area contributed by atoms with E-state index in [9.17, 15) is 13.2 Å². The number of hydrogen-bond donors (Lipinski definition) is 2. The Hall–Kier alpha value is -2.14. The van der Waals surface area contributed by atoms with Crippen molar-refractivity contribution in [1.82, 2.24) is 14.3 Å². The fraction of sp³-hybridized carbons (Fsp3) is 0.300. The molecule has 0 saturated carbocycles. The molecule has 7 nitrogen and oxygen atoms in total. The highest BCUT2D eigenvalue weighted by Gasteiger charge is 2.28. The number of aromatic nitrogens is 2. The number of benzene rings is 1. The molecule has 3 heterocycles. The van der Waals surface area contributed by atoms with Crippen LogP contribution in [0.15, 0.2) is 40.7 Å². The van der Waals surface area contributed by atoms with Gasteiger partial charge in [0.1, 0.15) is 10.6 Å². The molecule has 10 heteroatoms. The van der Waals surface area contributed by atoms with E-state index in [1.165, 1.54) is 39.0 Å². The summed E-state index contributed by atoms with van der Waals surface area (Å²) in [6.45, 7) is 5.08. The van der Waals surface area contributed by atoms with Gasteiger partial charge in [-0.05, 0) is 37.1 Å². The van der Waals surface area contributed by atoms with Gasteiger partial charge in [-0.1, -0.05) is 12.1 Å². The molecule has 1 fully saturated rings. The molecular weight excluding hydrogens is 440 g/mol. The van der Waals surface area contributed by atoms with E-state index in [0.29, 0.717) is 18.2 Å². The molecule has 30 heavy (non-hydrogen) atoms. The van der Waals surface area contributed by atoms with E-state index >= 15 is 0 Å². The number of rotatable bonds is 5. The number of H-pyrrole nitrogens is 1. The van der Waals surface area contributed by atoms with Crippen molar-refractivity contribution in [2.45, 2.75) is 18.7 Å². The van der Waals surface area contributed by atoms with Gasteiger partial charge < -0.3 is 4.98 Å². The Morgan fingerprint density at radius 2 is 1.93 bits per heavy atom. The maximum absolute atomic E-state index is 12.7. The maximum Gasteiger partial charge on any atom is 0.273 e. The van der Waals surface area contributed by atoms with Crippen molar-refractivity contribution < 1.29 is 13.2 Å². The Balaban J connectivity index is 1.47. The average Bonchev–Trinajstić information content (AvgIpc) is 3.41. The standard InChI is InChI=1S/C20H22N4O3S3/c1-13-3-4-15(9-14(13)2)18-12-29-20(22-18)23-19(25)17-10-16(11-21-17)30(26,27)24-5-7-28-8-6-24/h3-4,9-12,21H,5-8H2,1-2H3,(H,22,23,25). The topological polar surface area (TPSA) is 95.2 Å². The molecule has 0 bridgehead atoms. The Bertz CT molecular complexity index is 1180. The summed E-state index contributed by atoms with van der Waals surface area (Å²) in [6.07, 6.45) is 1.37. The van der Waals surface area contributed by atoms with Crippen LogP contribution in [-0.4, -0.2) is 53.2 Å². The maximum atomic E-state index is 12.7. The molecule has 1 saturated heterocycles. The molecule has 0 spiro atoms. The second-order valence-corrected chi connectivity index (χ2v) is 11.1. The van der Waals surface area contributed by atoms with Crippen molar-refractivity contribution in [3.8, 4) is 11.3 Å². The number of anilines is 1. The van der Waals surface area contributed by atoms with Crippen molar-refractivity contribution >= 4 is 44.2 Å². The SMILES string of the molecule is Cc1ccc(-c2csc(NC(=O)c3cc(S(=O)(=O)N4CCSCC4)c[nH]3)n2)cc1C. The zero-order chi connectivity index (χ0) is 21.3. The Labute approximate surface area is 184 Å². The third-order valence-electron chi connectivity index (χ3n) is 5.04. The van der Waals surface area contributed by atoms with Crippen molar-refractivity contribution in [2.75, 3.05) is 29.9 Å². The third-order valence-corrected chi connectivity index (χ3v) is 8.61. The van der Waals surface area contributed by atoms with Gasteiger partial charge in [0, 0.05) is 41.7 Å². The van der Waals surface area contributed by atoms with E-state index < -0.39 is 15.9 Å². The highest BCUT2D eigenvalue weighted by atomic mass is 32.2. The lowest BCUT2D eigenvalue weighted by Gasteiger charge is -2.24. The number of nitrogens with one attached hydrogen (secondary N) is 2. The predicted molar refractivity (Wildman–Crippen MR) is 122 cm³/mol. The van der Waals surface area contributed by atoms with Gasteiger partial charge in [-0.2, -0.15) is 16.1 Å². The largest absolute Gasteiger partial charge is 0.356 e. The lowest BCUT2D eigenvalue weighted by molar-refractivity contribution is 0.102. The second-order valence-electron chi connectivity index (χ2n) is 7.06. The molecular formula is C20H22N4O3S3. The number of carbonyl (C=O) groups excluding carboxylic acids is 1. The number of sulfonamides is 1. The van der Waals surface area contributed by atoms with Crippen LogP contribution in [-0.2, 0) is 10.0 Å². The van der Waals surface area contributed by atoms with Crippen LogP contribution in [0.1, 0.15) is 21.6 Å². The normalized spacial score (nSPS) is 15.3. The van der Waals surface area contributed by atoms with Crippen molar-refractivity contribution in [3.05, 3.63) is 52.7 Å². The van der Waals surface area contributed by atoms with E-state index in [-0.39, 0.29) is 10.6 Å². The number of carbonyl (C=O) groups is 1. The fourth-order valence-electron chi connectivity index (χ4n) is 3.12. The summed E-state index contributed by atoms with van der Waals surface area (Å²) < 4.78 is 27.0. The molecule has 1 aromatic carbocycles. The number of nitrogens with zero attached hydrogens (tertiary/aromatic N) is 2. The van der Waals surface area contributed by atoms with Crippen molar-refractivity contribution in [3.63, 3.8) is 0 Å². The predicted octanol–water partition coefficient (Wildman–Crippen LogP) is 3.74. The van der Waals surface area contributed by atoms with Crippen LogP contribution in [0, 0.1) is 13.8 Å². The Morgan fingerprint density at radius 1 is 1.17 bits per heavy atom. The molecule has 0 atom stereocenters. The fourth-order valence-corrected chi connectivity index (χ4v) is 6.40. The van der Waals surface area contributed by atoms with Crippen LogP contribution in [0.2, 0.25) is 0 Å². The van der Waals surface area contributed by atoms with Gasteiger partial charge in [-0.3, -0.25) is 10.1 Å². The summed E-state index contributed by atoms with van der Waals surface area (Å²) in [5.41, 5.74) is 4.35. The van der Waals surface area contributed by atoms with Crippen LogP contribution in [0.3, 0.4) is 0 Å². The molecule has 0 radical (unpaired) electrons. The van der Waals surface area contributed by atoms with E-state index in [2.05, 4.69) is 28.3 Å². The Kier molecular flexibility index (Phi) is 6.01. The van der Waals surface area contributed by atoms with Gasteiger partial charge in [-0.25, -0.2) is 13.4 Å². The smallest absolute Gasteiger partial charge is 0.273 e. The van der Waals surface area contributed by atoms with E-state index in [0.717, 1.165) is 22.8 Å². The summed E-state index contributed by atoms with van der Waals surface area (Å²) in [7, 11) is -3.59. The van der Waals surface area contributed by atoms with Gasteiger partial charge in [0.2, 0.25) is 10.0 Å². The number of hydrogen-bond acceptors (Lipinski definition) is 6. The molecule has 1 amide bonds. The minimum absolute atomic E-state index is 0.106. The van der Waals surface area contributed by atoms with Crippen LogP contribution in [0.25, 0.3) is 11.3 Å². The third kappa shape index (κ3) is 4.31. The zero-order valence-corrected chi connectivity index (χ0v) is 19.1. The summed E-state index contributed by atoms with van der Waals surface area (Å²) in [4.78, 5) is 20.0. The number of amides is 1. The summed E-state index contributed by atoms with van der Waals surface area (Å²) in [5.74, 6) is 1.14. The van der Waals surface area contributed by atoms with Gasteiger partial charge in [0.05, 0.1) is 5.69 Å². The van der Waals surface area contributed by atoms with Gasteiger partial charge in [0.15, 0.2) is 5.13 Å². The van der Waals surface area contributed by atoms with Gasteiger partial charge in [-0.15, -0.1) is 11.3 Å². The molecule has 2 N–H and O–H groups in total. The minimum atomic E-state index is -3.59. The molecule has 2 aromatic heterocycles. The van der Waals surface area contributed by atoms with Crippen molar-refractivity contribution in [1.29, 1.82) is 0 Å². The van der Waals surface area contributed by atoms with E-state index in [1.807, 2.05) is 24.4 Å². The van der Waals surface area contributed by atoms with Crippen molar-refractivity contribution in [2.24, 2.45) is 0 Å². The summed E-state index contributed by atoms with van der Waals surface area (Å²) >= 11 is 3.07. The lowest BCUT2D eigenvalue weighted by atomic mass is 10.1. The molecule has 1 aliphatic rings. The van der Waals surface area contributed by atoms with Gasteiger partial charge in [0.25, 0.3) is 5.91 Å². The average molecular weight is 463 g/mol. The molecule has 3 aromatic rings. The number of aryl methyl sites for hydroxylation is 2. The lowest BCUT2D eigenvalue weighted by Crippen LogP contribution is -2.37. The molecule has 0 unspecified atom stereocenters. The quantitative estimate of drug-likeness (QED) is 0.602. The minimum Gasteiger partial charge on any atom is -0.356 e. The molecule has 4 rings (SSSR count). The number of thioether (sulfide) groups is 1. The van der Waals surface area contributed by atoms with Crippen LogP contribution >= 0.6 is 23.1 Å².